The fourth-order valence-corrected chi connectivity index (χ4v) is 5.90. The van der Waals surface area contributed by atoms with Crippen LogP contribution in [0.5, 0.6) is 6.01 Å². The highest BCUT2D eigenvalue weighted by atomic mass is 32.2. The zero-order chi connectivity index (χ0) is 35.3. The van der Waals surface area contributed by atoms with Gasteiger partial charge in [-0.2, -0.15) is 13.2 Å². The molecule has 0 spiro atoms. The summed E-state index contributed by atoms with van der Waals surface area (Å²) in [6.07, 6.45) is 2.48. The highest BCUT2D eigenvalue weighted by Crippen LogP contribution is 2.37. The van der Waals surface area contributed by atoms with Crippen molar-refractivity contribution in [2.24, 2.45) is 0 Å². The number of carbonyl (C=O) groups is 1. The van der Waals surface area contributed by atoms with Gasteiger partial charge < -0.3 is 10.1 Å². The van der Waals surface area contributed by atoms with Gasteiger partial charge in [0.2, 0.25) is 18.3 Å². The smallest absolute Gasteiger partial charge is 0.419 e. The van der Waals surface area contributed by atoms with Crippen molar-refractivity contribution in [3.63, 3.8) is 0 Å². The number of carbonyl (C=O) groups excluding carboxylic acids is 1. The second kappa shape index (κ2) is 14.7. The molecule has 1 N–H and O–H groups in total. The van der Waals surface area contributed by atoms with Crippen molar-refractivity contribution in [3.8, 4) is 28.5 Å². The lowest BCUT2D eigenvalue weighted by Gasteiger charge is -2.36. The molecule has 19 heteroatoms. The zero-order valence-corrected chi connectivity index (χ0v) is 26.9. The van der Waals surface area contributed by atoms with Crippen LogP contribution in [0.25, 0.3) is 22.5 Å². The number of hydrogen-bond acceptors (Lipinski definition) is 12. The third-order valence-electron chi connectivity index (χ3n) is 7.74. The second-order valence-electron chi connectivity index (χ2n) is 11.2. The third-order valence-corrected chi connectivity index (χ3v) is 8.82. The molecule has 49 heavy (non-hydrogen) atoms. The van der Waals surface area contributed by atoms with Gasteiger partial charge in [0.1, 0.15) is 5.56 Å². The molecule has 4 aromatic heterocycles. The lowest BCUT2D eigenvalue weighted by molar-refractivity contribution is -0.137. The van der Waals surface area contributed by atoms with E-state index < -0.39 is 58.5 Å². The summed E-state index contributed by atoms with van der Waals surface area (Å²) in [5.74, 6) is -0.494. The first-order valence-electron chi connectivity index (χ1n) is 14.9. The molecule has 1 aliphatic carbocycles. The van der Waals surface area contributed by atoms with Gasteiger partial charge in [-0.1, -0.05) is 0 Å². The van der Waals surface area contributed by atoms with Gasteiger partial charge in [-0.05, 0) is 31.7 Å². The van der Waals surface area contributed by atoms with E-state index in [1.807, 2.05) is 0 Å². The van der Waals surface area contributed by atoms with Crippen LogP contribution in [0.2, 0.25) is 0 Å². The van der Waals surface area contributed by atoms with E-state index in [0.29, 0.717) is 43.1 Å². The van der Waals surface area contributed by atoms with Crippen LogP contribution in [0.1, 0.15) is 44.1 Å². The molecular formula is C30H30F5N9O4S. The second-order valence-corrected chi connectivity index (χ2v) is 13.2. The number of halogens is 5. The molecule has 4 aromatic rings. The number of nitrogens with zero attached hydrogens (tertiary/aromatic N) is 8. The molecule has 260 valence electrons. The summed E-state index contributed by atoms with van der Waals surface area (Å²) in [5.41, 5.74) is -0.924. The summed E-state index contributed by atoms with van der Waals surface area (Å²) in [7, 11) is -2.34. The number of anilines is 2. The molecule has 1 aliphatic rings. The Morgan fingerprint density at radius 3 is 2.27 bits per heavy atom. The lowest BCUT2D eigenvalue weighted by atomic mass is 9.90. The molecule has 0 bridgehead atoms. The Labute approximate surface area is 277 Å². The normalized spacial score (nSPS) is 16.7. The minimum absolute atomic E-state index is 0.120. The van der Waals surface area contributed by atoms with Crippen LogP contribution >= 0.6 is 0 Å². The van der Waals surface area contributed by atoms with Crippen molar-refractivity contribution in [2.75, 3.05) is 23.6 Å². The van der Waals surface area contributed by atoms with E-state index in [-0.39, 0.29) is 34.3 Å². The van der Waals surface area contributed by atoms with Crippen molar-refractivity contribution in [2.45, 2.75) is 68.1 Å². The monoisotopic (exact) mass is 707 g/mol. The Bertz CT molecular complexity index is 1870. The zero-order valence-electron chi connectivity index (χ0n) is 26.1. The number of pyridine rings is 1. The van der Waals surface area contributed by atoms with E-state index in [4.69, 9.17) is 4.74 Å². The van der Waals surface area contributed by atoms with Crippen molar-refractivity contribution in [1.82, 2.24) is 34.9 Å². The number of rotatable bonds is 11. The van der Waals surface area contributed by atoms with E-state index in [1.165, 1.54) is 36.8 Å². The van der Waals surface area contributed by atoms with Gasteiger partial charge in [0.25, 0.3) is 0 Å². The summed E-state index contributed by atoms with van der Waals surface area (Å²) in [6, 6.07) is 0.482. The number of ether oxygens (including phenoxy) is 1. The molecule has 1 saturated carbocycles. The van der Waals surface area contributed by atoms with Crippen LogP contribution in [0.15, 0.2) is 54.3 Å². The topological polar surface area (TPSA) is 166 Å². The Hall–Kier alpha value is -4.94. The number of methoxy groups -OCH3 is 1. The number of amides is 1. The van der Waals surface area contributed by atoms with Crippen molar-refractivity contribution in [3.05, 3.63) is 55.0 Å². The Morgan fingerprint density at radius 2 is 1.67 bits per heavy atom. The van der Waals surface area contributed by atoms with Gasteiger partial charge in [-0.3, -0.25) is 19.7 Å². The highest BCUT2D eigenvalue weighted by Gasteiger charge is 2.36. The van der Waals surface area contributed by atoms with Gasteiger partial charge in [-0.15, -0.1) is 0 Å². The molecule has 0 radical (unpaired) electrons. The first kappa shape index (κ1) is 35.4. The van der Waals surface area contributed by atoms with Gasteiger partial charge >= 0.3 is 12.2 Å². The summed E-state index contributed by atoms with van der Waals surface area (Å²) >= 11 is 0. The summed E-state index contributed by atoms with van der Waals surface area (Å²) in [5, 5.41) is 3.04. The number of aromatic nitrogens is 7. The first-order chi connectivity index (χ1) is 23.2. The van der Waals surface area contributed by atoms with E-state index >= 15 is 0 Å². The summed E-state index contributed by atoms with van der Waals surface area (Å²) < 4.78 is 96.7. The Kier molecular flexibility index (Phi) is 10.6. The van der Waals surface area contributed by atoms with Crippen LogP contribution < -0.4 is 15.0 Å². The molecule has 0 saturated heterocycles. The fraction of sp³-hybridized carbons (Fsp3) is 0.400. The average Bonchev–Trinajstić information content (AvgIpc) is 3.08. The Balaban J connectivity index is 1.33. The highest BCUT2D eigenvalue weighted by molar-refractivity contribution is 7.90. The van der Waals surface area contributed by atoms with Crippen molar-refractivity contribution < 1.29 is 39.9 Å². The lowest BCUT2D eigenvalue weighted by Crippen LogP contribution is -2.45. The predicted molar refractivity (Wildman–Crippen MR) is 165 cm³/mol. The molecule has 1 amide bonds. The quantitative estimate of drug-likeness (QED) is 0.207. The van der Waals surface area contributed by atoms with Crippen LogP contribution in [0, 0.1) is 0 Å². The minimum Gasteiger partial charge on any atom is -0.467 e. The first-order valence-corrected chi connectivity index (χ1v) is 16.8. The SMILES string of the molecule is COc1ncc(-c2cnc(N(C(=O)CCC(F)F)[C@H]3CC[C@H](Nc4ncc(C(F)(F)F)c(-c5cncc(S(C)(=O)=O)c5)n4)CC3)cn2)cn1. The van der Waals surface area contributed by atoms with Crippen LogP contribution in [0.3, 0.4) is 0 Å². The van der Waals surface area contributed by atoms with E-state index in [1.54, 1.807) is 0 Å². The van der Waals surface area contributed by atoms with Crippen LogP contribution in [-0.2, 0) is 20.8 Å². The van der Waals surface area contributed by atoms with E-state index in [2.05, 4.69) is 40.2 Å². The number of nitrogens with one attached hydrogen (secondary N) is 1. The molecule has 0 aromatic carbocycles. The van der Waals surface area contributed by atoms with Crippen LogP contribution in [-0.4, -0.2) is 81.1 Å². The van der Waals surface area contributed by atoms with E-state index in [9.17, 15) is 35.2 Å². The number of hydrogen-bond donors (Lipinski definition) is 1. The van der Waals surface area contributed by atoms with E-state index in [0.717, 1.165) is 24.7 Å². The van der Waals surface area contributed by atoms with Gasteiger partial charge in [0.05, 0.1) is 35.8 Å². The molecule has 13 nitrogen and oxygen atoms in total. The molecule has 5 rings (SSSR count). The largest absolute Gasteiger partial charge is 0.467 e. The van der Waals surface area contributed by atoms with Crippen molar-refractivity contribution in [1.29, 1.82) is 0 Å². The Morgan fingerprint density at radius 1 is 0.959 bits per heavy atom. The number of sulfone groups is 1. The minimum atomic E-state index is -4.84. The molecule has 1 fully saturated rings. The van der Waals surface area contributed by atoms with Gasteiger partial charge in [0.15, 0.2) is 15.7 Å². The molecular weight excluding hydrogens is 677 g/mol. The summed E-state index contributed by atoms with van der Waals surface area (Å²) in [4.78, 5) is 42.9. The maximum absolute atomic E-state index is 13.9. The average molecular weight is 708 g/mol. The third kappa shape index (κ3) is 8.76. The molecule has 0 unspecified atom stereocenters. The predicted octanol–water partition coefficient (Wildman–Crippen LogP) is 5.02. The maximum Gasteiger partial charge on any atom is 0.419 e. The fourth-order valence-electron chi connectivity index (χ4n) is 5.31. The van der Waals surface area contributed by atoms with Gasteiger partial charge in [0, 0.05) is 73.3 Å². The molecule has 0 atom stereocenters. The maximum atomic E-state index is 13.9. The molecule has 0 aliphatic heterocycles. The molecule has 4 heterocycles. The standard InChI is InChI=1S/C30H30F5N9O4S/c1-48-29-40-11-18(12-41-29)23-15-38-25(16-37-23)44(26(45)8-7-24(31)32)20-5-3-19(4-6-20)42-28-39-14-22(30(33,34)35)27(43-28)17-9-21(13-36-10-17)49(2,46)47/h9-16,19-20,24H,3-8H2,1-2H3,(H,39,42,43)/t19-,20-. The summed E-state index contributed by atoms with van der Waals surface area (Å²) in [6.45, 7) is 0. The van der Waals surface area contributed by atoms with Gasteiger partial charge in [-0.25, -0.2) is 42.1 Å². The number of alkyl halides is 5. The van der Waals surface area contributed by atoms with Crippen LogP contribution in [0.4, 0.5) is 33.7 Å². The van der Waals surface area contributed by atoms with Crippen molar-refractivity contribution >= 4 is 27.5 Å².